The first-order valence-electron chi connectivity index (χ1n) is 3.16. The fourth-order valence-electron chi connectivity index (χ4n) is 0.569. The van der Waals surface area contributed by atoms with Crippen molar-refractivity contribution in [3.63, 3.8) is 0 Å². The van der Waals surface area contributed by atoms with Gasteiger partial charge in [-0.2, -0.15) is 0 Å². The average molecular weight is 202 g/mol. The second-order valence-electron chi connectivity index (χ2n) is 1.90. The molecule has 0 aliphatic rings. The number of aromatic amines is 2. The Morgan fingerprint density at radius 1 is 1.43 bits per heavy atom. The molecule has 1 rings (SSSR count). The van der Waals surface area contributed by atoms with Gasteiger partial charge in [0.1, 0.15) is 5.56 Å². The van der Waals surface area contributed by atoms with E-state index in [1.165, 1.54) is 0 Å². The summed E-state index contributed by atoms with van der Waals surface area (Å²) in [5, 5.41) is 15.2. The van der Waals surface area contributed by atoms with Crippen molar-refractivity contribution in [2.24, 2.45) is 0 Å². The van der Waals surface area contributed by atoms with Crippen LogP contribution >= 0.6 is 0 Å². The monoisotopic (exact) mass is 202 g/mol. The van der Waals surface area contributed by atoms with E-state index in [-0.39, 0.29) is 6.47 Å². The lowest BCUT2D eigenvalue weighted by Gasteiger charge is -1.88. The van der Waals surface area contributed by atoms with Crippen molar-refractivity contribution < 1.29 is 19.8 Å². The number of rotatable bonds is 1. The zero-order valence-corrected chi connectivity index (χ0v) is 6.68. The van der Waals surface area contributed by atoms with Crippen LogP contribution in [0.2, 0.25) is 0 Å². The highest BCUT2D eigenvalue weighted by Gasteiger charge is 2.06. The van der Waals surface area contributed by atoms with E-state index in [1.54, 1.807) is 4.98 Å². The summed E-state index contributed by atoms with van der Waals surface area (Å²) in [5.74, 6) is -1.37. The molecule has 0 aromatic carbocycles. The van der Waals surface area contributed by atoms with Crippen LogP contribution in [0, 0.1) is 0 Å². The van der Waals surface area contributed by atoms with Gasteiger partial charge in [0.05, 0.1) is 0 Å². The molecule has 0 unspecified atom stereocenters. The number of carboxylic acid groups (broad SMARTS) is 2. The summed E-state index contributed by atoms with van der Waals surface area (Å²) in [7, 11) is 0. The summed E-state index contributed by atoms with van der Waals surface area (Å²) in [4.78, 5) is 43.3. The van der Waals surface area contributed by atoms with Gasteiger partial charge >= 0.3 is 11.7 Å². The maximum atomic E-state index is 10.6. The van der Waals surface area contributed by atoms with Crippen molar-refractivity contribution in [3.8, 4) is 0 Å². The Morgan fingerprint density at radius 3 is 2.29 bits per heavy atom. The van der Waals surface area contributed by atoms with Crippen LogP contribution in [0.25, 0.3) is 0 Å². The molecule has 0 atom stereocenters. The number of nitrogens with one attached hydrogen (secondary N) is 2. The van der Waals surface area contributed by atoms with Crippen LogP contribution in [0.1, 0.15) is 10.4 Å². The predicted octanol–water partition coefficient (Wildman–Crippen LogP) is -1.54. The third-order valence-corrected chi connectivity index (χ3v) is 1.05. The fourth-order valence-corrected chi connectivity index (χ4v) is 0.569. The summed E-state index contributed by atoms with van der Waals surface area (Å²) < 4.78 is 0. The van der Waals surface area contributed by atoms with Crippen LogP contribution in [-0.4, -0.2) is 32.6 Å². The molecule has 0 fully saturated rings. The van der Waals surface area contributed by atoms with Crippen LogP contribution in [0.15, 0.2) is 15.8 Å². The van der Waals surface area contributed by atoms with Gasteiger partial charge in [-0.25, -0.2) is 9.59 Å². The third kappa shape index (κ3) is 3.34. The summed E-state index contributed by atoms with van der Waals surface area (Å²) in [6, 6.07) is 0. The molecule has 1 heterocycles. The van der Waals surface area contributed by atoms with Gasteiger partial charge < -0.3 is 15.2 Å². The molecular formula is C6H6N2O6. The fraction of sp³-hybridized carbons (Fsp3) is 0. The quantitative estimate of drug-likeness (QED) is 0.407. The average Bonchev–Trinajstić information content (AvgIpc) is 2.04. The van der Waals surface area contributed by atoms with Crippen LogP contribution in [0.4, 0.5) is 0 Å². The number of H-pyrrole nitrogens is 2. The van der Waals surface area contributed by atoms with E-state index in [0.29, 0.717) is 0 Å². The maximum absolute atomic E-state index is 10.6. The zero-order valence-electron chi connectivity index (χ0n) is 6.68. The minimum absolute atomic E-state index is 0.250. The minimum atomic E-state index is -1.37. The summed E-state index contributed by atoms with van der Waals surface area (Å²) in [5.41, 5.74) is -2.11. The second-order valence-corrected chi connectivity index (χ2v) is 1.90. The topological polar surface area (TPSA) is 140 Å². The lowest BCUT2D eigenvalue weighted by atomic mass is 10.3. The first kappa shape index (κ1) is 11.6. The molecule has 0 amide bonds. The minimum Gasteiger partial charge on any atom is -0.483 e. The molecule has 0 aliphatic carbocycles. The van der Waals surface area contributed by atoms with Crippen molar-refractivity contribution in [3.05, 3.63) is 32.6 Å². The van der Waals surface area contributed by atoms with E-state index in [9.17, 15) is 14.4 Å². The van der Waals surface area contributed by atoms with Gasteiger partial charge in [0.15, 0.2) is 0 Å². The molecule has 1 aromatic heterocycles. The Hall–Kier alpha value is -2.38. The Kier molecular flexibility index (Phi) is 4.40. The lowest BCUT2D eigenvalue weighted by molar-refractivity contribution is -0.122. The first-order valence-corrected chi connectivity index (χ1v) is 3.16. The summed E-state index contributed by atoms with van der Waals surface area (Å²) in [6.07, 6.45) is 0.851. The molecule has 8 heteroatoms. The van der Waals surface area contributed by atoms with Gasteiger partial charge in [0, 0.05) is 6.20 Å². The van der Waals surface area contributed by atoms with Crippen molar-refractivity contribution in [1.29, 1.82) is 0 Å². The Bertz CT molecular complexity index is 430. The van der Waals surface area contributed by atoms with Gasteiger partial charge in [-0.3, -0.25) is 14.6 Å². The lowest BCUT2D eigenvalue weighted by Crippen LogP contribution is -2.26. The molecular weight excluding hydrogens is 196 g/mol. The molecule has 0 saturated carbocycles. The Balaban J connectivity index is 0.000000500. The highest BCUT2D eigenvalue weighted by atomic mass is 16.4. The predicted molar refractivity (Wildman–Crippen MR) is 43.3 cm³/mol. The van der Waals surface area contributed by atoms with Crippen molar-refractivity contribution in [2.45, 2.75) is 0 Å². The van der Waals surface area contributed by atoms with E-state index < -0.39 is 22.8 Å². The highest BCUT2D eigenvalue weighted by Crippen LogP contribution is 1.81. The molecule has 4 N–H and O–H groups in total. The van der Waals surface area contributed by atoms with Crippen LogP contribution in [0.3, 0.4) is 0 Å². The van der Waals surface area contributed by atoms with Crippen molar-refractivity contribution in [1.82, 2.24) is 9.97 Å². The van der Waals surface area contributed by atoms with E-state index in [2.05, 4.69) is 0 Å². The molecule has 14 heavy (non-hydrogen) atoms. The Morgan fingerprint density at radius 2 is 1.93 bits per heavy atom. The van der Waals surface area contributed by atoms with Gasteiger partial charge in [0.25, 0.3) is 12.0 Å². The van der Waals surface area contributed by atoms with Crippen LogP contribution in [0.5, 0.6) is 0 Å². The molecule has 8 nitrogen and oxygen atoms in total. The van der Waals surface area contributed by atoms with Gasteiger partial charge in [-0.1, -0.05) is 0 Å². The number of carboxylic acids is 1. The molecule has 1 aromatic rings. The van der Waals surface area contributed by atoms with Crippen molar-refractivity contribution >= 4 is 12.4 Å². The number of carbonyl (C=O) groups is 2. The second kappa shape index (κ2) is 5.30. The third-order valence-electron chi connectivity index (χ3n) is 1.05. The number of aromatic carboxylic acids is 1. The maximum Gasteiger partial charge on any atom is 0.342 e. The van der Waals surface area contributed by atoms with E-state index in [1.807, 2.05) is 4.98 Å². The molecule has 0 saturated heterocycles. The van der Waals surface area contributed by atoms with E-state index in [4.69, 9.17) is 15.0 Å². The molecule has 0 spiro atoms. The first-order chi connectivity index (χ1) is 6.52. The highest BCUT2D eigenvalue weighted by molar-refractivity contribution is 5.86. The van der Waals surface area contributed by atoms with E-state index in [0.717, 1.165) is 6.20 Å². The summed E-state index contributed by atoms with van der Waals surface area (Å²) in [6.45, 7) is -0.250. The Labute approximate surface area is 75.8 Å². The SMILES string of the molecule is O=C(O)c1c[nH]c(=O)[nH]c1=O.O=CO. The van der Waals surface area contributed by atoms with Gasteiger partial charge in [-0.05, 0) is 0 Å². The molecule has 0 radical (unpaired) electrons. The number of aromatic nitrogens is 2. The van der Waals surface area contributed by atoms with Crippen molar-refractivity contribution in [2.75, 3.05) is 0 Å². The largest absolute Gasteiger partial charge is 0.483 e. The number of hydrogen-bond donors (Lipinski definition) is 4. The number of hydrogen-bond acceptors (Lipinski definition) is 4. The standard InChI is InChI=1S/C5H4N2O4.CH2O2/c8-3-2(4(9)10)1-6-5(11)7-3;2-1-3/h1H,(H,9,10)(H2,6,7,8,11);1H,(H,2,3). The van der Waals surface area contributed by atoms with Crippen LogP contribution in [-0.2, 0) is 4.79 Å². The van der Waals surface area contributed by atoms with Gasteiger partial charge in [-0.15, -0.1) is 0 Å². The van der Waals surface area contributed by atoms with E-state index >= 15 is 0 Å². The van der Waals surface area contributed by atoms with Gasteiger partial charge in [0.2, 0.25) is 0 Å². The molecule has 0 bridgehead atoms. The smallest absolute Gasteiger partial charge is 0.342 e. The molecule has 0 aliphatic heterocycles. The zero-order chi connectivity index (χ0) is 11.1. The molecule has 76 valence electrons. The normalized spacial score (nSPS) is 8.29. The summed E-state index contributed by atoms with van der Waals surface area (Å²) >= 11 is 0. The van der Waals surface area contributed by atoms with Crippen LogP contribution < -0.4 is 11.2 Å².